The number of carboxylic acid groups (broad SMARTS) is 1. The van der Waals surface area contributed by atoms with Crippen LogP contribution in [0.25, 0.3) is 0 Å². The minimum Gasteiger partial charge on any atom is -0.481 e. The highest BCUT2D eigenvalue weighted by Crippen LogP contribution is 2.08. The summed E-state index contributed by atoms with van der Waals surface area (Å²) in [7, 11) is 0. The van der Waals surface area contributed by atoms with Gasteiger partial charge in [-0.05, 0) is 18.8 Å². The highest BCUT2D eigenvalue weighted by Gasteiger charge is 2.06. The van der Waals surface area contributed by atoms with Gasteiger partial charge in [0.05, 0.1) is 6.54 Å². The van der Waals surface area contributed by atoms with E-state index < -0.39 is 17.9 Å². The van der Waals surface area contributed by atoms with Crippen molar-refractivity contribution in [3.8, 4) is 0 Å². The molecule has 0 aliphatic carbocycles. The Balaban J connectivity index is 3.51. The zero-order chi connectivity index (χ0) is 13.3. The quantitative estimate of drug-likeness (QED) is 0.467. The Morgan fingerprint density at radius 1 is 1.24 bits per heavy atom. The van der Waals surface area contributed by atoms with Gasteiger partial charge in [0.1, 0.15) is 0 Å². The summed E-state index contributed by atoms with van der Waals surface area (Å²) >= 11 is 0. The number of aliphatic carboxylic acids is 1. The summed E-state index contributed by atoms with van der Waals surface area (Å²) in [5.74, 6) is -1.19. The molecule has 0 heterocycles. The summed E-state index contributed by atoms with van der Waals surface area (Å²) in [4.78, 5) is 31.7. The molecule has 0 aliphatic heterocycles. The van der Waals surface area contributed by atoms with Crippen LogP contribution in [0.5, 0.6) is 0 Å². The molecular formula is C10H19N3O4. The maximum absolute atomic E-state index is 11.1. The molecule has 0 rings (SSSR count). The van der Waals surface area contributed by atoms with Crippen molar-refractivity contribution >= 4 is 17.9 Å². The predicted octanol–water partition coefficient (Wildman–Crippen LogP) is -0.338. The first-order valence-corrected chi connectivity index (χ1v) is 5.43. The number of carbonyl (C=O) groups excluding carboxylic acids is 2. The molecule has 7 heteroatoms. The van der Waals surface area contributed by atoms with Crippen LogP contribution in [0.1, 0.15) is 26.2 Å². The van der Waals surface area contributed by atoms with Crippen LogP contribution in [0, 0.1) is 5.92 Å². The maximum atomic E-state index is 11.1. The molecule has 17 heavy (non-hydrogen) atoms. The summed E-state index contributed by atoms with van der Waals surface area (Å²) in [5.41, 5.74) is 4.85. The minimum atomic E-state index is -0.816. The monoisotopic (exact) mass is 245 g/mol. The lowest BCUT2D eigenvalue weighted by atomic mass is 10.0. The number of nitrogens with two attached hydrogens (primary N) is 1. The Labute approximate surface area is 99.7 Å². The van der Waals surface area contributed by atoms with Gasteiger partial charge in [0.2, 0.25) is 5.91 Å². The number of nitrogens with one attached hydrogen (secondary N) is 2. The van der Waals surface area contributed by atoms with Crippen LogP contribution in [-0.2, 0) is 9.59 Å². The Hall–Kier alpha value is -1.79. The fourth-order valence-electron chi connectivity index (χ4n) is 1.18. The summed E-state index contributed by atoms with van der Waals surface area (Å²) in [6, 6.07) is -0.450. The van der Waals surface area contributed by atoms with Crippen LogP contribution in [-0.4, -0.2) is 36.1 Å². The third-order valence-electron chi connectivity index (χ3n) is 2.20. The molecule has 0 aromatic heterocycles. The smallest absolute Gasteiger partial charge is 0.315 e. The van der Waals surface area contributed by atoms with Crippen molar-refractivity contribution in [2.75, 3.05) is 13.1 Å². The number of hydrogen-bond acceptors (Lipinski definition) is 3. The normalized spacial score (nSPS) is 11.6. The first-order chi connectivity index (χ1) is 7.91. The molecule has 0 aromatic carbocycles. The van der Waals surface area contributed by atoms with E-state index in [1.807, 2.05) is 6.92 Å². The summed E-state index contributed by atoms with van der Waals surface area (Å²) < 4.78 is 0. The Bertz CT molecular complexity index is 281. The van der Waals surface area contributed by atoms with E-state index in [9.17, 15) is 14.4 Å². The largest absolute Gasteiger partial charge is 0.481 e. The van der Waals surface area contributed by atoms with E-state index in [0.717, 1.165) is 0 Å². The SMILES string of the molecule is CC(CCNC(=O)NCC(N)=O)CCC(=O)O. The second-order valence-electron chi connectivity index (χ2n) is 3.90. The van der Waals surface area contributed by atoms with Gasteiger partial charge in [-0.25, -0.2) is 4.79 Å². The second-order valence-corrected chi connectivity index (χ2v) is 3.90. The number of hydrogen-bond donors (Lipinski definition) is 4. The van der Waals surface area contributed by atoms with E-state index in [-0.39, 0.29) is 18.9 Å². The van der Waals surface area contributed by atoms with Crippen molar-refractivity contribution < 1.29 is 19.5 Å². The fourth-order valence-corrected chi connectivity index (χ4v) is 1.18. The molecule has 0 spiro atoms. The van der Waals surface area contributed by atoms with Gasteiger partial charge in [-0.3, -0.25) is 9.59 Å². The van der Waals surface area contributed by atoms with Gasteiger partial charge in [0.25, 0.3) is 0 Å². The van der Waals surface area contributed by atoms with Crippen LogP contribution < -0.4 is 16.4 Å². The molecule has 0 radical (unpaired) electrons. The Morgan fingerprint density at radius 2 is 1.88 bits per heavy atom. The van der Waals surface area contributed by atoms with Crippen molar-refractivity contribution in [3.05, 3.63) is 0 Å². The van der Waals surface area contributed by atoms with Gasteiger partial charge in [0.15, 0.2) is 0 Å². The third-order valence-corrected chi connectivity index (χ3v) is 2.20. The summed E-state index contributed by atoms with van der Waals surface area (Å²) in [6.07, 6.45) is 1.41. The van der Waals surface area contributed by atoms with Crippen molar-refractivity contribution in [2.24, 2.45) is 11.7 Å². The van der Waals surface area contributed by atoms with Gasteiger partial charge < -0.3 is 21.5 Å². The highest BCUT2D eigenvalue weighted by atomic mass is 16.4. The first-order valence-electron chi connectivity index (χ1n) is 5.43. The molecule has 1 unspecified atom stereocenters. The average molecular weight is 245 g/mol. The van der Waals surface area contributed by atoms with Crippen LogP contribution in [0.15, 0.2) is 0 Å². The van der Waals surface area contributed by atoms with E-state index >= 15 is 0 Å². The number of primary amides is 1. The van der Waals surface area contributed by atoms with Gasteiger partial charge in [0, 0.05) is 13.0 Å². The van der Waals surface area contributed by atoms with Gasteiger partial charge in [-0.15, -0.1) is 0 Å². The van der Waals surface area contributed by atoms with E-state index in [2.05, 4.69) is 10.6 Å². The zero-order valence-corrected chi connectivity index (χ0v) is 9.86. The van der Waals surface area contributed by atoms with Gasteiger partial charge in [-0.1, -0.05) is 6.92 Å². The topological polar surface area (TPSA) is 122 Å². The van der Waals surface area contributed by atoms with Crippen LogP contribution >= 0.6 is 0 Å². The lowest BCUT2D eigenvalue weighted by molar-refractivity contribution is -0.137. The molecule has 0 saturated carbocycles. The highest BCUT2D eigenvalue weighted by molar-refractivity contribution is 5.82. The maximum Gasteiger partial charge on any atom is 0.315 e. The predicted molar refractivity (Wildman–Crippen MR) is 61.2 cm³/mol. The van der Waals surface area contributed by atoms with Crippen molar-refractivity contribution in [1.82, 2.24) is 10.6 Å². The standard InChI is InChI=1S/C10H19N3O4/c1-7(2-3-9(15)16)4-5-12-10(17)13-6-8(11)14/h7H,2-6H2,1H3,(H2,11,14)(H,15,16)(H2,12,13,17). The number of carboxylic acids is 1. The first kappa shape index (κ1) is 15.2. The lowest BCUT2D eigenvalue weighted by Crippen LogP contribution is -2.40. The lowest BCUT2D eigenvalue weighted by Gasteiger charge is -2.10. The Kier molecular flexibility index (Phi) is 7.49. The average Bonchev–Trinajstić information content (AvgIpc) is 2.23. The van der Waals surface area contributed by atoms with Crippen LogP contribution in [0.4, 0.5) is 4.79 Å². The molecule has 0 fully saturated rings. The third kappa shape index (κ3) is 10.5. The number of rotatable bonds is 8. The molecule has 0 saturated heterocycles. The molecule has 1 atom stereocenters. The summed E-state index contributed by atoms with van der Waals surface area (Å²) in [5, 5.41) is 13.3. The van der Waals surface area contributed by atoms with E-state index in [4.69, 9.17) is 10.8 Å². The number of amides is 3. The van der Waals surface area contributed by atoms with Crippen LogP contribution in [0.2, 0.25) is 0 Å². The Morgan fingerprint density at radius 3 is 2.41 bits per heavy atom. The molecule has 0 aliphatic rings. The van der Waals surface area contributed by atoms with E-state index in [1.54, 1.807) is 0 Å². The van der Waals surface area contributed by atoms with Crippen molar-refractivity contribution in [3.63, 3.8) is 0 Å². The zero-order valence-electron chi connectivity index (χ0n) is 9.86. The molecule has 0 aromatic rings. The van der Waals surface area contributed by atoms with Crippen LogP contribution in [0.3, 0.4) is 0 Å². The molecule has 7 nitrogen and oxygen atoms in total. The minimum absolute atomic E-state index is 0.134. The van der Waals surface area contributed by atoms with Crippen molar-refractivity contribution in [2.45, 2.75) is 26.2 Å². The molecular weight excluding hydrogens is 226 g/mol. The summed E-state index contributed by atoms with van der Waals surface area (Å²) in [6.45, 7) is 2.16. The molecule has 0 bridgehead atoms. The number of urea groups is 1. The number of carbonyl (C=O) groups is 3. The van der Waals surface area contributed by atoms with Gasteiger partial charge >= 0.3 is 12.0 Å². The van der Waals surface area contributed by atoms with Crippen molar-refractivity contribution in [1.29, 1.82) is 0 Å². The van der Waals surface area contributed by atoms with E-state index in [0.29, 0.717) is 19.4 Å². The second kappa shape index (κ2) is 8.37. The molecule has 3 amide bonds. The molecule has 98 valence electrons. The van der Waals surface area contributed by atoms with Gasteiger partial charge in [-0.2, -0.15) is 0 Å². The molecule has 5 N–H and O–H groups in total. The fraction of sp³-hybridized carbons (Fsp3) is 0.700. The van der Waals surface area contributed by atoms with E-state index in [1.165, 1.54) is 0 Å².